The maximum atomic E-state index is 11.2. The lowest BCUT2D eigenvalue weighted by atomic mass is 10.1. The molecule has 1 unspecified atom stereocenters. The van der Waals surface area contributed by atoms with Crippen molar-refractivity contribution in [1.29, 1.82) is 0 Å². The smallest absolute Gasteiger partial charge is 0.326 e. The molecule has 19 heavy (non-hydrogen) atoms. The topological polar surface area (TPSA) is 92.5 Å². The molecule has 6 nitrogen and oxygen atoms in total. The maximum Gasteiger partial charge on any atom is 0.326 e. The Bertz CT molecular complexity index is 511. The second kappa shape index (κ2) is 5.26. The van der Waals surface area contributed by atoms with E-state index in [1.807, 2.05) is 0 Å². The summed E-state index contributed by atoms with van der Waals surface area (Å²) in [5.41, 5.74) is 0.956. The molecule has 0 saturated heterocycles. The van der Waals surface area contributed by atoms with Gasteiger partial charge in [-0.3, -0.25) is 10.1 Å². The fraction of sp³-hybridized carbons (Fsp3) is 0.462. The first-order chi connectivity index (χ1) is 8.97. The van der Waals surface area contributed by atoms with Gasteiger partial charge < -0.3 is 10.4 Å². The van der Waals surface area contributed by atoms with Crippen LogP contribution in [0.1, 0.15) is 24.8 Å². The van der Waals surface area contributed by atoms with Crippen LogP contribution in [0.25, 0.3) is 0 Å². The third-order valence-corrected chi connectivity index (χ3v) is 3.24. The van der Waals surface area contributed by atoms with Crippen molar-refractivity contribution in [3.63, 3.8) is 0 Å². The van der Waals surface area contributed by atoms with Crippen LogP contribution in [0.3, 0.4) is 0 Å². The Kier molecular flexibility index (Phi) is 3.69. The lowest BCUT2D eigenvalue weighted by Gasteiger charge is -2.15. The van der Waals surface area contributed by atoms with E-state index < -0.39 is 16.9 Å². The highest BCUT2D eigenvalue weighted by Gasteiger charge is 2.30. The van der Waals surface area contributed by atoms with Gasteiger partial charge in [-0.25, -0.2) is 4.79 Å². The standard InChI is InChI=1S/C13H16N2O4/c1-8-2-5-10(12(6-8)15(18)19)14-11(13(16)17)7-9-3-4-9/h2,5-6,9,11,14H,3-4,7H2,1H3,(H,16,17). The van der Waals surface area contributed by atoms with Crippen LogP contribution in [-0.2, 0) is 4.79 Å². The molecule has 102 valence electrons. The van der Waals surface area contributed by atoms with Gasteiger partial charge in [0.05, 0.1) is 4.92 Å². The summed E-state index contributed by atoms with van der Waals surface area (Å²) in [5, 5.41) is 22.9. The van der Waals surface area contributed by atoms with E-state index in [4.69, 9.17) is 5.11 Å². The molecule has 0 bridgehead atoms. The van der Waals surface area contributed by atoms with Crippen LogP contribution in [0.4, 0.5) is 11.4 Å². The first kappa shape index (κ1) is 13.3. The summed E-state index contributed by atoms with van der Waals surface area (Å²) in [6.45, 7) is 1.76. The van der Waals surface area contributed by atoms with Crippen LogP contribution in [0.15, 0.2) is 18.2 Å². The molecule has 0 amide bonds. The number of nitro groups is 1. The zero-order chi connectivity index (χ0) is 14.0. The zero-order valence-corrected chi connectivity index (χ0v) is 10.6. The van der Waals surface area contributed by atoms with Gasteiger partial charge in [-0.1, -0.05) is 18.9 Å². The summed E-state index contributed by atoms with van der Waals surface area (Å²) in [7, 11) is 0. The zero-order valence-electron chi connectivity index (χ0n) is 10.6. The highest BCUT2D eigenvalue weighted by Crippen LogP contribution is 2.35. The van der Waals surface area contributed by atoms with E-state index in [0.717, 1.165) is 18.4 Å². The van der Waals surface area contributed by atoms with Crippen molar-refractivity contribution in [2.45, 2.75) is 32.2 Å². The quantitative estimate of drug-likeness (QED) is 0.608. The number of benzene rings is 1. The van der Waals surface area contributed by atoms with Gasteiger partial charge in [0, 0.05) is 6.07 Å². The number of hydrogen-bond acceptors (Lipinski definition) is 4. The van der Waals surface area contributed by atoms with Crippen molar-refractivity contribution < 1.29 is 14.8 Å². The van der Waals surface area contributed by atoms with E-state index in [-0.39, 0.29) is 11.4 Å². The fourth-order valence-corrected chi connectivity index (χ4v) is 2.01. The Labute approximate surface area is 110 Å². The lowest BCUT2D eigenvalue weighted by molar-refractivity contribution is -0.384. The lowest BCUT2D eigenvalue weighted by Crippen LogP contribution is -2.30. The number of aryl methyl sites for hydroxylation is 1. The van der Waals surface area contributed by atoms with Crippen molar-refractivity contribution in [3.05, 3.63) is 33.9 Å². The van der Waals surface area contributed by atoms with E-state index in [9.17, 15) is 14.9 Å². The second-order valence-corrected chi connectivity index (χ2v) is 4.99. The summed E-state index contributed by atoms with van der Waals surface area (Å²) in [6.07, 6.45) is 2.60. The Hall–Kier alpha value is -2.11. The van der Waals surface area contributed by atoms with Crippen LogP contribution in [0.2, 0.25) is 0 Å². The molecule has 1 aliphatic carbocycles. The molecular weight excluding hydrogens is 248 g/mol. The largest absolute Gasteiger partial charge is 0.480 e. The first-order valence-electron chi connectivity index (χ1n) is 6.21. The van der Waals surface area contributed by atoms with Gasteiger partial charge in [0.1, 0.15) is 11.7 Å². The van der Waals surface area contributed by atoms with Gasteiger partial charge in [-0.2, -0.15) is 0 Å². The molecule has 1 aliphatic rings. The molecular formula is C13H16N2O4. The monoisotopic (exact) mass is 264 g/mol. The summed E-state index contributed by atoms with van der Waals surface area (Å²) < 4.78 is 0. The predicted molar refractivity (Wildman–Crippen MR) is 70.2 cm³/mol. The molecule has 0 aliphatic heterocycles. The minimum atomic E-state index is -0.971. The van der Waals surface area contributed by atoms with Crippen molar-refractivity contribution in [1.82, 2.24) is 0 Å². The van der Waals surface area contributed by atoms with E-state index in [1.54, 1.807) is 19.1 Å². The van der Waals surface area contributed by atoms with Crippen molar-refractivity contribution in [2.24, 2.45) is 5.92 Å². The fourth-order valence-electron chi connectivity index (χ4n) is 2.01. The molecule has 0 heterocycles. The summed E-state index contributed by atoms with van der Waals surface area (Å²) in [4.78, 5) is 21.7. The van der Waals surface area contributed by atoms with Crippen LogP contribution in [0.5, 0.6) is 0 Å². The van der Waals surface area contributed by atoms with Crippen LogP contribution >= 0.6 is 0 Å². The SMILES string of the molecule is Cc1ccc(NC(CC2CC2)C(=O)O)c([N+](=O)[O-])c1. The summed E-state index contributed by atoms with van der Waals surface area (Å²) in [6, 6.07) is 3.97. The minimum Gasteiger partial charge on any atom is -0.480 e. The van der Waals surface area contributed by atoms with Crippen molar-refractivity contribution >= 4 is 17.3 Å². The van der Waals surface area contributed by atoms with Crippen LogP contribution < -0.4 is 5.32 Å². The number of carbonyl (C=O) groups is 1. The number of nitro benzene ring substituents is 1. The molecule has 0 spiro atoms. The number of hydrogen-bond donors (Lipinski definition) is 2. The highest BCUT2D eigenvalue weighted by molar-refractivity contribution is 5.79. The van der Waals surface area contributed by atoms with Gasteiger partial charge in [0.25, 0.3) is 5.69 Å². The van der Waals surface area contributed by atoms with Crippen molar-refractivity contribution in [2.75, 3.05) is 5.32 Å². The molecule has 6 heteroatoms. The Balaban J connectivity index is 2.19. The minimum absolute atomic E-state index is 0.0814. The molecule has 1 saturated carbocycles. The van der Waals surface area contributed by atoms with Gasteiger partial charge in [-0.15, -0.1) is 0 Å². The van der Waals surface area contributed by atoms with Gasteiger partial charge in [0.2, 0.25) is 0 Å². The van der Waals surface area contributed by atoms with E-state index in [0.29, 0.717) is 12.3 Å². The number of aliphatic carboxylic acids is 1. The molecule has 0 radical (unpaired) electrons. The van der Waals surface area contributed by atoms with Gasteiger partial charge >= 0.3 is 5.97 Å². The van der Waals surface area contributed by atoms with Crippen molar-refractivity contribution in [3.8, 4) is 0 Å². The number of rotatable bonds is 6. The number of nitrogens with one attached hydrogen (secondary N) is 1. The Morgan fingerprint density at radius 1 is 1.58 bits per heavy atom. The predicted octanol–water partition coefficient (Wildman–Crippen LogP) is 2.57. The summed E-state index contributed by atoms with van der Waals surface area (Å²) >= 11 is 0. The van der Waals surface area contributed by atoms with Crippen LogP contribution in [-0.4, -0.2) is 22.0 Å². The van der Waals surface area contributed by atoms with E-state index >= 15 is 0 Å². The molecule has 1 aromatic carbocycles. The van der Waals surface area contributed by atoms with Gasteiger partial charge in [0.15, 0.2) is 0 Å². The molecule has 2 N–H and O–H groups in total. The third-order valence-electron chi connectivity index (χ3n) is 3.24. The average molecular weight is 264 g/mol. The molecule has 1 atom stereocenters. The van der Waals surface area contributed by atoms with Gasteiger partial charge in [-0.05, 0) is 30.9 Å². The maximum absolute atomic E-state index is 11.2. The number of anilines is 1. The normalized spacial score (nSPS) is 15.8. The number of carboxylic acid groups (broad SMARTS) is 1. The Morgan fingerprint density at radius 3 is 2.79 bits per heavy atom. The Morgan fingerprint density at radius 2 is 2.26 bits per heavy atom. The second-order valence-electron chi connectivity index (χ2n) is 4.99. The highest BCUT2D eigenvalue weighted by atomic mass is 16.6. The van der Waals surface area contributed by atoms with E-state index in [2.05, 4.69) is 5.32 Å². The summed E-state index contributed by atoms with van der Waals surface area (Å²) in [5.74, 6) is -0.542. The molecule has 1 fully saturated rings. The molecule has 2 rings (SSSR count). The third kappa shape index (κ3) is 3.43. The average Bonchev–Trinajstić information content (AvgIpc) is 3.13. The molecule has 0 aromatic heterocycles. The van der Waals surface area contributed by atoms with Crippen LogP contribution in [0, 0.1) is 23.0 Å². The number of nitrogens with zero attached hydrogens (tertiary/aromatic N) is 1. The first-order valence-corrected chi connectivity index (χ1v) is 6.21. The van der Waals surface area contributed by atoms with E-state index in [1.165, 1.54) is 6.07 Å². The molecule has 1 aromatic rings. The number of carboxylic acids is 1.